The molecule has 0 aliphatic rings. The molecule has 2 N–H and O–H groups in total. The van der Waals surface area contributed by atoms with E-state index in [0.29, 0.717) is 33.6 Å². The lowest BCUT2D eigenvalue weighted by Gasteiger charge is -2.14. The number of fused-ring (bicyclic) bond motifs is 1. The Balaban J connectivity index is 1.38. The molecule has 0 saturated heterocycles. The molecule has 6 rings (SSSR count). The lowest BCUT2D eigenvalue weighted by molar-refractivity contribution is -0.142. The van der Waals surface area contributed by atoms with Gasteiger partial charge in [0.1, 0.15) is 24.0 Å². The minimum Gasteiger partial charge on any atom is -0.480 e. The molecule has 0 unspecified atom stereocenters. The molecule has 0 atom stereocenters. The highest BCUT2D eigenvalue weighted by atomic mass is 32.1. The Morgan fingerprint density at radius 1 is 1.02 bits per heavy atom. The maximum absolute atomic E-state index is 14.1. The molecule has 12 nitrogen and oxygen atoms in total. The number of aryl methyl sites for hydroxylation is 1. The minimum atomic E-state index is -1.18. The van der Waals surface area contributed by atoms with Crippen LogP contribution in [0.1, 0.15) is 22.9 Å². The molecule has 0 spiro atoms. The monoisotopic (exact) mass is 669 g/mol. The number of aliphatic carboxylic acids is 1. The Kier molecular flexibility index (Phi) is 9.36. The number of aromatic amines is 1. The number of hydrogen-bond donors (Lipinski definition) is 2. The van der Waals surface area contributed by atoms with E-state index in [9.17, 15) is 23.6 Å². The summed E-state index contributed by atoms with van der Waals surface area (Å²) in [6.07, 6.45) is 0.668. The largest absolute Gasteiger partial charge is 0.480 e. The maximum Gasteiger partial charge on any atom is 0.439 e. The van der Waals surface area contributed by atoms with Crippen LogP contribution in [0.25, 0.3) is 32.7 Å². The molecule has 0 radical (unpaired) electrons. The number of aliphatic imine (C=N–C) groups is 1. The third kappa shape index (κ3) is 6.84. The summed E-state index contributed by atoms with van der Waals surface area (Å²) in [6.45, 7) is 0.936. The second-order valence-corrected chi connectivity index (χ2v) is 11.8. The molecule has 0 bridgehead atoms. The summed E-state index contributed by atoms with van der Waals surface area (Å²) >= 11 is 1.38. The van der Waals surface area contributed by atoms with Gasteiger partial charge in [-0.3, -0.25) is 28.4 Å². The van der Waals surface area contributed by atoms with Gasteiger partial charge in [-0.15, -0.1) is 11.3 Å². The minimum absolute atomic E-state index is 0.155. The predicted molar refractivity (Wildman–Crippen MR) is 178 cm³/mol. The second-order valence-electron chi connectivity index (χ2n) is 10.7. The van der Waals surface area contributed by atoms with Crippen molar-refractivity contribution in [3.8, 4) is 22.5 Å². The van der Waals surface area contributed by atoms with Crippen molar-refractivity contribution in [1.82, 2.24) is 19.3 Å². The fraction of sp³-hybridized carbons (Fsp3) is 0.176. The number of thiophene rings is 1. The first-order valence-corrected chi connectivity index (χ1v) is 15.6. The Hall–Kier alpha value is -5.73. The van der Waals surface area contributed by atoms with E-state index in [-0.39, 0.29) is 25.5 Å². The van der Waals surface area contributed by atoms with Crippen molar-refractivity contribution < 1.29 is 23.6 Å². The molecule has 3 aromatic carbocycles. The fourth-order valence-electron chi connectivity index (χ4n) is 5.24. The zero-order chi connectivity index (χ0) is 33.8. The fourth-order valence-corrected chi connectivity index (χ4v) is 6.32. The van der Waals surface area contributed by atoms with Crippen LogP contribution in [0.3, 0.4) is 0 Å². The van der Waals surface area contributed by atoms with E-state index in [1.165, 1.54) is 35.6 Å². The highest BCUT2D eigenvalue weighted by Crippen LogP contribution is 2.30. The van der Waals surface area contributed by atoms with Crippen molar-refractivity contribution in [2.24, 2.45) is 4.99 Å². The van der Waals surface area contributed by atoms with E-state index >= 15 is 0 Å². The van der Waals surface area contributed by atoms with Crippen molar-refractivity contribution in [3.05, 3.63) is 132 Å². The van der Waals surface area contributed by atoms with Crippen molar-refractivity contribution in [2.75, 3.05) is 13.3 Å². The molecule has 0 aliphatic carbocycles. The molecule has 0 fully saturated rings. The van der Waals surface area contributed by atoms with Crippen molar-refractivity contribution in [1.29, 1.82) is 0 Å². The topological polar surface area (TPSA) is 162 Å². The smallest absolute Gasteiger partial charge is 0.439 e. The summed E-state index contributed by atoms with van der Waals surface area (Å²) in [5, 5.41) is 13.1. The van der Waals surface area contributed by atoms with Crippen molar-refractivity contribution in [2.45, 2.75) is 26.4 Å². The van der Waals surface area contributed by atoms with Gasteiger partial charge in [-0.2, -0.15) is 0 Å². The van der Waals surface area contributed by atoms with Crippen LogP contribution in [-0.2, 0) is 29.0 Å². The number of carboxylic acids is 1. The third-order valence-electron chi connectivity index (χ3n) is 7.58. The molecule has 0 amide bonds. The first-order chi connectivity index (χ1) is 23.2. The van der Waals surface area contributed by atoms with Gasteiger partial charge in [0.2, 0.25) is 0 Å². The van der Waals surface area contributed by atoms with Crippen molar-refractivity contribution in [3.63, 3.8) is 0 Å². The molecule has 48 heavy (non-hydrogen) atoms. The summed E-state index contributed by atoms with van der Waals surface area (Å²) < 4.78 is 26.1. The number of H-pyrrole nitrogens is 1. The summed E-state index contributed by atoms with van der Waals surface area (Å²) in [6, 6.07) is 22.1. The maximum atomic E-state index is 14.1. The number of nitrogens with zero attached hydrogens (tertiary/aromatic N) is 4. The van der Waals surface area contributed by atoms with Gasteiger partial charge in [0.25, 0.3) is 5.56 Å². The van der Waals surface area contributed by atoms with Crippen LogP contribution in [0.2, 0.25) is 0 Å². The van der Waals surface area contributed by atoms with Crippen molar-refractivity contribution >= 4 is 33.2 Å². The van der Waals surface area contributed by atoms with Gasteiger partial charge in [-0.05, 0) is 46.9 Å². The molecule has 14 heteroatoms. The standard InChI is InChI=1S/C34H28FN5O7S/c1-2-24-15-27-31(43)39(17-28(36-19-46-18-29(41)42)22-11-13-23(35)14-12-22)34(45)40(32(27)48-24)16-20-7-9-21(10-8-20)25-5-3-4-6-26(25)30-37-33(44)47-38-30/h3-15H,2,16-19H2,1H3,(H,41,42)(H,37,38,44). The molecule has 0 aliphatic heterocycles. The van der Waals surface area contributed by atoms with E-state index < -0.39 is 35.4 Å². The number of hydrogen-bond acceptors (Lipinski definition) is 9. The van der Waals surface area contributed by atoms with Gasteiger partial charge in [-0.1, -0.05) is 72.7 Å². The molecular weight excluding hydrogens is 641 g/mol. The first kappa shape index (κ1) is 32.2. The van der Waals surface area contributed by atoms with Crippen LogP contribution in [0.5, 0.6) is 0 Å². The zero-order valence-corrected chi connectivity index (χ0v) is 26.3. The van der Waals surface area contributed by atoms with Crippen LogP contribution in [-0.4, -0.2) is 49.4 Å². The number of rotatable bonds is 12. The summed E-state index contributed by atoms with van der Waals surface area (Å²) in [4.78, 5) is 58.7. The number of benzene rings is 3. The molecular formula is C34H28FN5O7S. The molecule has 3 aromatic heterocycles. The van der Waals surface area contributed by atoms with Crippen LogP contribution in [0, 0.1) is 5.82 Å². The Labute approximate surface area is 275 Å². The lowest BCUT2D eigenvalue weighted by atomic mass is 9.98. The number of carbonyl (C=O) groups is 1. The average Bonchev–Trinajstić information content (AvgIpc) is 3.73. The van der Waals surface area contributed by atoms with E-state index in [1.807, 2.05) is 55.5 Å². The normalized spacial score (nSPS) is 11.8. The van der Waals surface area contributed by atoms with Gasteiger partial charge in [-0.25, -0.2) is 18.8 Å². The van der Waals surface area contributed by atoms with Gasteiger partial charge >= 0.3 is 17.4 Å². The average molecular weight is 670 g/mol. The molecule has 244 valence electrons. The summed E-state index contributed by atoms with van der Waals surface area (Å²) in [5.74, 6) is -2.01. The highest BCUT2D eigenvalue weighted by Gasteiger charge is 2.19. The summed E-state index contributed by atoms with van der Waals surface area (Å²) in [5.41, 5.74) is 2.75. The molecule has 6 aromatic rings. The van der Waals surface area contributed by atoms with E-state index in [1.54, 1.807) is 10.6 Å². The highest BCUT2D eigenvalue weighted by molar-refractivity contribution is 7.18. The quantitative estimate of drug-likeness (QED) is 0.142. The lowest BCUT2D eigenvalue weighted by Crippen LogP contribution is -2.41. The van der Waals surface area contributed by atoms with Gasteiger partial charge in [0.15, 0.2) is 5.82 Å². The zero-order valence-electron chi connectivity index (χ0n) is 25.5. The van der Waals surface area contributed by atoms with Crippen LogP contribution >= 0.6 is 11.3 Å². The van der Waals surface area contributed by atoms with E-state index in [2.05, 4.69) is 19.7 Å². The van der Waals surface area contributed by atoms with Gasteiger partial charge in [0.05, 0.1) is 24.2 Å². The van der Waals surface area contributed by atoms with Gasteiger partial charge in [0, 0.05) is 10.4 Å². The van der Waals surface area contributed by atoms with Crippen LogP contribution in [0.4, 0.5) is 4.39 Å². The second kappa shape index (κ2) is 13.9. The number of aromatic nitrogens is 4. The number of nitrogens with one attached hydrogen (secondary N) is 1. The Morgan fingerprint density at radius 3 is 2.42 bits per heavy atom. The third-order valence-corrected chi connectivity index (χ3v) is 8.88. The number of carboxylic acid groups (broad SMARTS) is 1. The number of halogens is 1. The van der Waals surface area contributed by atoms with E-state index in [0.717, 1.165) is 26.1 Å². The first-order valence-electron chi connectivity index (χ1n) is 14.8. The van der Waals surface area contributed by atoms with Crippen LogP contribution < -0.4 is 17.0 Å². The number of ether oxygens (including phenoxy) is 1. The molecule has 0 saturated carbocycles. The van der Waals surface area contributed by atoms with Gasteiger partial charge < -0.3 is 9.84 Å². The van der Waals surface area contributed by atoms with E-state index in [4.69, 9.17) is 9.84 Å². The Bertz CT molecular complexity index is 2320. The predicted octanol–water partition coefficient (Wildman–Crippen LogP) is 4.53. The summed E-state index contributed by atoms with van der Waals surface area (Å²) in [7, 11) is 0. The Morgan fingerprint density at radius 2 is 1.75 bits per heavy atom. The van der Waals surface area contributed by atoms with Crippen LogP contribution in [0.15, 0.2) is 103 Å². The SMILES string of the molecule is CCc1cc2c(=O)n(CC(=NCOCC(=O)O)c3ccc(F)cc3)c(=O)n(Cc3ccc(-c4ccccc4-c4noc(=O)[nH]4)cc3)c2s1. The molecule has 3 heterocycles.